The molecule has 6 nitrogen and oxygen atoms in total. The SMILES string of the molecule is C=CCNc1cc(C)nc(N(C)C2CCS(=O)(=O)C2)n1. The number of nitrogens with one attached hydrogen (secondary N) is 1. The number of hydrogen-bond acceptors (Lipinski definition) is 6. The Hall–Kier alpha value is -1.63. The quantitative estimate of drug-likeness (QED) is 0.817. The first-order chi connectivity index (χ1) is 9.41. The number of aryl methyl sites for hydroxylation is 1. The standard InChI is InChI=1S/C13H20N4O2S/c1-4-6-14-12-8-10(2)15-13(16-12)17(3)11-5-7-20(18,19)9-11/h4,8,11H,1,5-7,9H2,2-3H3,(H,14,15,16). The lowest BCUT2D eigenvalue weighted by Gasteiger charge is -2.24. The first kappa shape index (κ1) is 14.8. The summed E-state index contributed by atoms with van der Waals surface area (Å²) in [5.41, 5.74) is 0.842. The Labute approximate surface area is 119 Å². The fraction of sp³-hybridized carbons (Fsp3) is 0.538. The average molecular weight is 296 g/mol. The van der Waals surface area contributed by atoms with E-state index < -0.39 is 9.84 Å². The monoisotopic (exact) mass is 296 g/mol. The Morgan fingerprint density at radius 1 is 1.55 bits per heavy atom. The molecule has 1 atom stereocenters. The van der Waals surface area contributed by atoms with Gasteiger partial charge < -0.3 is 10.2 Å². The fourth-order valence-corrected chi connectivity index (χ4v) is 4.00. The van der Waals surface area contributed by atoms with E-state index in [2.05, 4.69) is 21.9 Å². The Morgan fingerprint density at radius 3 is 2.90 bits per heavy atom. The summed E-state index contributed by atoms with van der Waals surface area (Å²) in [6.45, 7) is 6.17. The molecule has 0 bridgehead atoms. The molecule has 1 aliphatic heterocycles. The molecule has 1 unspecified atom stereocenters. The number of nitrogens with zero attached hydrogens (tertiary/aromatic N) is 3. The van der Waals surface area contributed by atoms with E-state index in [9.17, 15) is 8.42 Å². The minimum Gasteiger partial charge on any atom is -0.366 e. The number of anilines is 2. The van der Waals surface area contributed by atoms with E-state index in [1.807, 2.05) is 24.9 Å². The molecule has 0 radical (unpaired) electrons. The Morgan fingerprint density at radius 2 is 2.30 bits per heavy atom. The number of hydrogen-bond donors (Lipinski definition) is 1. The molecule has 2 heterocycles. The highest BCUT2D eigenvalue weighted by atomic mass is 32.2. The van der Waals surface area contributed by atoms with Crippen molar-refractivity contribution in [2.24, 2.45) is 0 Å². The zero-order chi connectivity index (χ0) is 14.8. The molecule has 1 saturated heterocycles. The molecule has 1 aromatic rings. The molecule has 1 aliphatic rings. The van der Waals surface area contributed by atoms with Crippen LogP contribution < -0.4 is 10.2 Å². The molecule has 110 valence electrons. The first-order valence-electron chi connectivity index (χ1n) is 6.55. The van der Waals surface area contributed by atoms with Gasteiger partial charge in [-0.15, -0.1) is 6.58 Å². The van der Waals surface area contributed by atoms with Gasteiger partial charge in [0.25, 0.3) is 0 Å². The normalized spacial score (nSPS) is 20.6. The van der Waals surface area contributed by atoms with E-state index in [0.717, 1.165) is 11.5 Å². The van der Waals surface area contributed by atoms with Crippen molar-refractivity contribution in [1.29, 1.82) is 0 Å². The van der Waals surface area contributed by atoms with E-state index >= 15 is 0 Å². The molecular weight excluding hydrogens is 276 g/mol. The molecule has 1 aromatic heterocycles. The van der Waals surface area contributed by atoms with Crippen molar-refractivity contribution in [3.05, 3.63) is 24.4 Å². The van der Waals surface area contributed by atoms with Gasteiger partial charge in [0.2, 0.25) is 5.95 Å². The molecule has 1 fully saturated rings. The molecule has 0 amide bonds. The van der Waals surface area contributed by atoms with E-state index in [-0.39, 0.29) is 17.5 Å². The van der Waals surface area contributed by atoms with Gasteiger partial charge in [-0.2, -0.15) is 4.98 Å². The minimum absolute atomic E-state index is 0.0472. The third-order valence-electron chi connectivity index (χ3n) is 3.34. The van der Waals surface area contributed by atoms with Crippen molar-refractivity contribution in [1.82, 2.24) is 9.97 Å². The molecule has 0 aromatic carbocycles. The van der Waals surface area contributed by atoms with Crippen molar-refractivity contribution >= 4 is 21.6 Å². The highest BCUT2D eigenvalue weighted by molar-refractivity contribution is 7.91. The Balaban J connectivity index is 2.19. The van der Waals surface area contributed by atoms with Gasteiger partial charge in [-0.05, 0) is 13.3 Å². The van der Waals surface area contributed by atoms with Crippen molar-refractivity contribution < 1.29 is 8.42 Å². The predicted molar refractivity (Wildman–Crippen MR) is 80.9 cm³/mol. The second-order valence-corrected chi connectivity index (χ2v) is 7.26. The van der Waals surface area contributed by atoms with Gasteiger partial charge in [0.15, 0.2) is 9.84 Å². The van der Waals surface area contributed by atoms with Gasteiger partial charge >= 0.3 is 0 Å². The lowest BCUT2D eigenvalue weighted by atomic mass is 10.2. The maximum absolute atomic E-state index is 11.6. The van der Waals surface area contributed by atoms with Crippen LogP contribution in [-0.4, -0.2) is 49.5 Å². The first-order valence-corrected chi connectivity index (χ1v) is 8.37. The van der Waals surface area contributed by atoms with Crippen LogP contribution in [0, 0.1) is 6.92 Å². The number of sulfone groups is 1. The number of aromatic nitrogens is 2. The highest BCUT2D eigenvalue weighted by Crippen LogP contribution is 2.21. The topological polar surface area (TPSA) is 75.2 Å². The van der Waals surface area contributed by atoms with Crippen LogP contribution in [0.1, 0.15) is 12.1 Å². The third kappa shape index (κ3) is 3.47. The van der Waals surface area contributed by atoms with Crippen LogP contribution in [0.5, 0.6) is 0 Å². The van der Waals surface area contributed by atoms with Crippen molar-refractivity contribution in [2.75, 3.05) is 35.3 Å². The van der Waals surface area contributed by atoms with Crippen LogP contribution in [-0.2, 0) is 9.84 Å². The lowest BCUT2D eigenvalue weighted by molar-refractivity contribution is 0.600. The second-order valence-electron chi connectivity index (χ2n) is 5.03. The van der Waals surface area contributed by atoms with Gasteiger partial charge in [-0.25, -0.2) is 13.4 Å². The summed E-state index contributed by atoms with van der Waals surface area (Å²) in [4.78, 5) is 10.7. The summed E-state index contributed by atoms with van der Waals surface area (Å²) >= 11 is 0. The van der Waals surface area contributed by atoms with E-state index in [1.54, 1.807) is 6.08 Å². The smallest absolute Gasteiger partial charge is 0.227 e. The predicted octanol–water partition coefficient (Wildman–Crippen LogP) is 1.01. The van der Waals surface area contributed by atoms with E-state index in [0.29, 0.717) is 18.9 Å². The molecule has 0 saturated carbocycles. The molecular formula is C13H20N4O2S. The summed E-state index contributed by atoms with van der Waals surface area (Å²) in [7, 11) is -1.06. The molecule has 7 heteroatoms. The van der Waals surface area contributed by atoms with Crippen LogP contribution in [0.25, 0.3) is 0 Å². The lowest BCUT2D eigenvalue weighted by Crippen LogP contribution is -2.34. The van der Waals surface area contributed by atoms with Gasteiger partial charge in [-0.1, -0.05) is 6.08 Å². The largest absolute Gasteiger partial charge is 0.366 e. The second kappa shape index (κ2) is 5.78. The van der Waals surface area contributed by atoms with Crippen LogP contribution in [0.4, 0.5) is 11.8 Å². The summed E-state index contributed by atoms with van der Waals surface area (Å²) in [5.74, 6) is 1.70. The van der Waals surface area contributed by atoms with Gasteiger partial charge in [-0.3, -0.25) is 0 Å². The van der Waals surface area contributed by atoms with Crippen LogP contribution in [0.15, 0.2) is 18.7 Å². The van der Waals surface area contributed by atoms with Gasteiger partial charge in [0, 0.05) is 31.4 Å². The molecule has 0 aliphatic carbocycles. The van der Waals surface area contributed by atoms with Crippen LogP contribution in [0.2, 0.25) is 0 Å². The van der Waals surface area contributed by atoms with Gasteiger partial charge in [0.05, 0.1) is 11.5 Å². The molecule has 1 N–H and O–H groups in total. The third-order valence-corrected chi connectivity index (χ3v) is 5.09. The van der Waals surface area contributed by atoms with E-state index in [4.69, 9.17) is 0 Å². The maximum atomic E-state index is 11.6. The molecule has 2 rings (SSSR count). The number of rotatable bonds is 5. The van der Waals surface area contributed by atoms with Crippen molar-refractivity contribution in [3.63, 3.8) is 0 Å². The molecule has 20 heavy (non-hydrogen) atoms. The summed E-state index contributed by atoms with van der Waals surface area (Å²) in [6, 6.07) is 1.81. The fourth-order valence-electron chi connectivity index (χ4n) is 2.22. The summed E-state index contributed by atoms with van der Waals surface area (Å²) in [6.07, 6.45) is 2.38. The zero-order valence-corrected chi connectivity index (χ0v) is 12.7. The van der Waals surface area contributed by atoms with Gasteiger partial charge in [0.1, 0.15) is 5.82 Å². The Bertz CT molecular complexity index is 600. The van der Waals surface area contributed by atoms with E-state index in [1.165, 1.54) is 0 Å². The van der Waals surface area contributed by atoms with Crippen molar-refractivity contribution in [3.8, 4) is 0 Å². The summed E-state index contributed by atoms with van der Waals surface area (Å²) in [5, 5.41) is 3.12. The summed E-state index contributed by atoms with van der Waals surface area (Å²) < 4.78 is 23.1. The average Bonchev–Trinajstić information content (AvgIpc) is 2.75. The van der Waals surface area contributed by atoms with Crippen LogP contribution in [0.3, 0.4) is 0 Å². The highest BCUT2D eigenvalue weighted by Gasteiger charge is 2.31. The Kier molecular flexibility index (Phi) is 4.27. The van der Waals surface area contributed by atoms with Crippen molar-refractivity contribution in [2.45, 2.75) is 19.4 Å². The molecule has 0 spiro atoms. The zero-order valence-electron chi connectivity index (χ0n) is 11.8. The van der Waals surface area contributed by atoms with Crippen LogP contribution >= 0.6 is 0 Å². The minimum atomic E-state index is -2.91. The maximum Gasteiger partial charge on any atom is 0.227 e.